The van der Waals surface area contributed by atoms with Crippen LogP contribution in [0.25, 0.3) is 0 Å². The Labute approximate surface area is 115 Å². The number of piperidine rings is 1. The minimum Gasteiger partial charge on any atom is -0.354 e. The van der Waals surface area contributed by atoms with Gasteiger partial charge in [0.05, 0.1) is 6.42 Å². The van der Waals surface area contributed by atoms with E-state index in [0.717, 1.165) is 18.7 Å². The molecule has 1 heterocycles. The third kappa shape index (κ3) is 4.35. The molecule has 0 radical (unpaired) electrons. The van der Waals surface area contributed by atoms with E-state index < -0.39 is 0 Å². The van der Waals surface area contributed by atoms with Crippen molar-refractivity contribution in [2.24, 2.45) is 0 Å². The summed E-state index contributed by atoms with van der Waals surface area (Å²) in [5.74, 6) is 0.126. The van der Waals surface area contributed by atoms with Crippen LogP contribution in [0.1, 0.15) is 36.0 Å². The molecule has 19 heavy (non-hydrogen) atoms. The lowest BCUT2D eigenvalue weighted by atomic mass is 10.0. The van der Waals surface area contributed by atoms with Crippen LogP contribution in [0.4, 0.5) is 0 Å². The zero-order valence-corrected chi connectivity index (χ0v) is 12.0. The predicted molar refractivity (Wildman–Crippen MR) is 78.3 cm³/mol. The number of hydrogen-bond acceptors (Lipinski definition) is 2. The molecule has 1 aliphatic rings. The molecule has 1 aromatic carbocycles. The van der Waals surface area contributed by atoms with Crippen LogP contribution in [0, 0.1) is 13.8 Å². The number of rotatable bonds is 4. The lowest BCUT2D eigenvalue weighted by molar-refractivity contribution is -0.120. The molecule has 0 bridgehead atoms. The maximum atomic E-state index is 12.0. The maximum Gasteiger partial charge on any atom is 0.224 e. The summed E-state index contributed by atoms with van der Waals surface area (Å²) >= 11 is 0. The second kappa shape index (κ2) is 6.71. The largest absolute Gasteiger partial charge is 0.354 e. The van der Waals surface area contributed by atoms with Gasteiger partial charge in [-0.3, -0.25) is 4.79 Å². The summed E-state index contributed by atoms with van der Waals surface area (Å²) in [6.07, 6.45) is 4.18. The van der Waals surface area contributed by atoms with Gasteiger partial charge in [-0.05, 0) is 44.4 Å². The number of amides is 1. The summed E-state index contributed by atoms with van der Waals surface area (Å²) < 4.78 is 0. The Hall–Kier alpha value is -1.35. The summed E-state index contributed by atoms with van der Waals surface area (Å²) in [7, 11) is 0. The van der Waals surface area contributed by atoms with Crippen LogP contribution in [0.5, 0.6) is 0 Å². The van der Waals surface area contributed by atoms with Crippen LogP contribution in [0.2, 0.25) is 0 Å². The van der Waals surface area contributed by atoms with Crippen molar-refractivity contribution >= 4 is 5.91 Å². The van der Waals surface area contributed by atoms with Gasteiger partial charge in [0.2, 0.25) is 5.91 Å². The highest BCUT2D eigenvalue weighted by atomic mass is 16.1. The molecule has 0 saturated carbocycles. The molecule has 1 atom stereocenters. The first-order chi connectivity index (χ1) is 9.15. The zero-order chi connectivity index (χ0) is 13.7. The van der Waals surface area contributed by atoms with E-state index in [1.807, 2.05) is 0 Å². The van der Waals surface area contributed by atoms with Crippen LogP contribution in [0.15, 0.2) is 18.2 Å². The van der Waals surface area contributed by atoms with E-state index in [4.69, 9.17) is 0 Å². The van der Waals surface area contributed by atoms with Gasteiger partial charge in [-0.1, -0.05) is 30.2 Å². The zero-order valence-electron chi connectivity index (χ0n) is 12.0. The van der Waals surface area contributed by atoms with E-state index in [9.17, 15) is 4.79 Å². The summed E-state index contributed by atoms with van der Waals surface area (Å²) in [4.78, 5) is 12.0. The van der Waals surface area contributed by atoms with Gasteiger partial charge >= 0.3 is 0 Å². The van der Waals surface area contributed by atoms with Crippen LogP contribution in [-0.4, -0.2) is 25.0 Å². The molecule has 1 unspecified atom stereocenters. The number of hydrogen-bond donors (Lipinski definition) is 2. The van der Waals surface area contributed by atoms with Gasteiger partial charge in [0.25, 0.3) is 0 Å². The minimum atomic E-state index is 0.126. The van der Waals surface area contributed by atoms with E-state index in [-0.39, 0.29) is 5.91 Å². The Balaban J connectivity index is 1.81. The Morgan fingerprint density at radius 1 is 1.37 bits per heavy atom. The van der Waals surface area contributed by atoms with Crippen molar-refractivity contribution in [3.8, 4) is 0 Å². The van der Waals surface area contributed by atoms with Gasteiger partial charge in [-0.25, -0.2) is 0 Å². The van der Waals surface area contributed by atoms with Gasteiger partial charge in [0, 0.05) is 12.6 Å². The second-order valence-corrected chi connectivity index (χ2v) is 5.56. The molecule has 2 N–H and O–H groups in total. The summed E-state index contributed by atoms with van der Waals surface area (Å²) in [5.41, 5.74) is 3.54. The molecule has 3 nitrogen and oxygen atoms in total. The van der Waals surface area contributed by atoms with Crippen molar-refractivity contribution in [2.75, 3.05) is 13.1 Å². The first-order valence-electron chi connectivity index (χ1n) is 7.21. The van der Waals surface area contributed by atoms with Gasteiger partial charge < -0.3 is 10.6 Å². The van der Waals surface area contributed by atoms with Crippen molar-refractivity contribution in [3.05, 3.63) is 34.9 Å². The number of aryl methyl sites for hydroxylation is 2. The van der Waals surface area contributed by atoms with E-state index in [2.05, 4.69) is 42.7 Å². The minimum absolute atomic E-state index is 0.126. The molecule has 1 fully saturated rings. The molecule has 1 aromatic rings. The normalized spacial score (nSPS) is 19.2. The smallest absolute Gasteiger partial charge is 0.224 e. The van der Waals surface area contributed by atoms with Gasteiger partial charge in [-0.15, -0.1) is 0 Å². The second-order valence-electron chi connectivity index (χ2n) is 5.56. The van der Waals surface area contributed by atoms with Gasteiger partial charge in [0.1, 0.15) is 0 Å². The Morgan fingerprint density at radius 2 is 2.21 bits per heavy atom. The predicted octanol–water partition coefficient (Wildman–Crippen LogP) is 2.10. The van der Waals surface area contributed by atoms with E-state index in [0.29, 0.717) is 12.5 Å². The van der Waals surface area contributed by atoms with Crippen molar-refractivity contribution in [1.29, 1.82) is 0 Å². The first-order valence-corrected chi connectivity index (χ1v) is 7.21. The first kappa shape index (κ1) is 14.1. The average molecular weight is 260 g/mol. The third-order valence-corrected chi connectivity index (χ3v) is 3.81. The fourth-order valence-electron chi connectivity index (χ4n) is 2.56. The SMILES string of the molecule is Cc1ccc(C)c(CC(=O)NCC2CCCCN2)c1. The standard InChI is InChI=1S/C16H24N2O/c1-12-6-7-13(2)14(9-12)10-16(19)18-11-15-5-3-4-8-17-15/h6-7,9,15,17H,3-5,8,10-11H2,1-2H3,(H,18,19). The monoisotopic (exact) mass is 260 g/mol. The third-order valence-electron chi connectivity index (χ3n) is 3.81. The molecule has 2 rings (SSSR count). The van der Waals surface area contributed by atoms with Crippen LogP contribution < -0.4 is 10.6 Å². The fourth-order valence-corrected chi connectivity index (χ4v) is 2.56. The number of carbonyl (C=O) groups excluding carboxylic acids is 1. The van der Waals surface area contributed by atoms with Crippen LogP contribution in [0.3, 0.4) is 0 Å². The number of carbonyl (C=O) groups is 1. The molecule has 1 amide bonds. The molecule has 1 saturated heterocycles. The molecule has 3 heteroatoms. The lowest BCUT2D eigenvalue weighted by Gasteiger charge is -2.23. The van der Waals surface area contributed by atoms with Crippen LogP contribution in [-0.2, 0) is 11.2 Å². The topological polar surface area (TPSA) is 41.1 Å². The average Bonchev–Trinajstić information content (AvgIpc) is 2.42. The number of nitrogens with one attached hydrogen (secondary N) is 2. The van der Waals surface area contributed by atoms with Crippen molar-refractivity contribution < 1.29 is 4.79 Å². The van der Waals surface area contributed by atoms with E-state index >= 15 is 0 Å². The molecule has 1 aliphatic heterocycles. The summed E-state index contributed by atoms with van der Waals surface area (Å²) in [5, 5.41) is 6.49. The Morgan fingerprint density at radius 3 is 2.95 bits per heavy atom. The molecular weight excluding hydrogens is 236 g/mol. The highest BCUT2D eigenvalue weighted by Crippen LogP contribution is 2.11. The lowest BCUT2D eigenvalue weighted by Crippen LogP contribution is -2.43. The van der Waals surface area contributed by atoms with Crippen molar-refractivity contribution in [2.45, 2.75) is 45.6 Å². The number of benzene rings is 1. The quantitative estimate of drug-likeness (QED) is 0.870. The Bertz CT molecular complexity index is 436. The fraction of sp³-hybridized carbons (Fsp3) is 0.562. The molecule has 0 aromatic heterocycles. The van der Waals surface area contributed by atoms with E-state index in [1.165, 1.54) is 30.4 Å². The summed E-state index contributed by atoms with van der Waals surface area (Å²) in [6, 6.07) is 6.73. The molecule has 0 aliphatic carbocycles. The van der Waals surface area contributed by atoms with E-state index in [1.54, 1.807) is 0 Å². The molecule has 0 spiro atoms. The molecular formula is C16H24N2O. The highest BCUT2D eigenvalue weighted by molar-refractivity contribution is 5.79. The maximum absolute atomic E-state index is 12.0. The Kier molecular flexibility index (Phi) is 4.97. The van der Waals surface area contributed by atoms with Crippen molar-refractivity contribution in [3.63, 3.8) is 0 Å². The van der Waals surface area contributed by atoms with Crippen LogP contribution >= 0.6 is 0 Å². The van der Waals surface area contributed by atoms with Gasteiger partial charge in [-0.2, -0.15) is 0 Å². The van der Waals surface area contributed by atoms with Crippen molar-refractivity contribution in [1.82, 2.24) is 10.6 Å². The highest BCUT2D eigenvalue weighted by Gasteiger charge is 2.13. The van der Waals surface area contributed by atoms with Gasteiger partial charge in [0.15, 0.2) is 0 Å². The molecule has 104 valence electrons. The summed E-state index contributed by atoms with van der Waals surface area (Å²) in [6.45, 7) is 5.96.